The number of hydrogen-bond donors (Lipinski definition) is 2. The molecule has 8 nitrogen and oxygen atoms in total. The van der Waals surface area contributed by atoms with E-state index in [1.165, 1.54) is 22.5 Å². The third kappa shape index (κ3) is 4.29. The number of H-pyrrole nitrogens is 1. The molecule has 1 saturated heterocycles. The maximum absolute atomic E-state index is 12.9. The Morgan fingerprint density at radius 2 is 2.04 bits per heavy atom. The van der Waals surface area contributed by atoms with Crippen LogP contribution in [-0.2, 0) is 23.1 Å². The minimum absolute atomic E-state index is 0.0417. The van der Waals surface area contributed by atoms with Gasteiger partial charge in [0.25, 0.3) is 5.91 Å². The molecule has 1 aromatic heterocycles. The summed E-state index contributed by atoms with van der Waals surface area (Å²) in [5.41, 5.74) is 0.220. The van der Waals surface area contributed by atoms with Crippen molar-refractivity contribution in [2.24, 2.45) is 0 Å². The van der Waals surface area contributed by atoms with Crippen LogP contribution in [0.25, 0.3) is 0 Å². The predicted molar refractivity (Wildman–Crippen MR) is 108 cm³/mol. The van der Waals surface area contributed by atoms with Crippen molar-refractivity contribution in [2.45, 2.75) is 44.2 Å². The van der Waals surface area contributed by atoms with E-state index in [-0.39, 0.29) is 22.0 Å². The van der Waals surface area contributed by atoms with Gasteiger partial charge in [0.2, 0.25) is 10.0 Å². The number of carbonyl (C=O) groups is 1. The molecular weight excluding hydrogens is 422 g/mol. The Morgan fingerprint density at radius 3 is 2.71 bits per heavy atom. The van der Waals surface area contributed by atoms with Crippen LogP contribution in [0.3, 0.4) is 0 Å². The predicted octanol–water partition coefficient (Wildman–Crippen LogP) is 2.72. The highest BCUT2D eigenvalue weighted by atomic mass is 35.5. The van der Waals surface area contributed by atoms with Crippen molar-refractivity contribution >= 4 is 39.7 Å². The molecule has 2 aromatic rings. The van der Waals surface area contributed by atoms with Crippen LogP contribution in [0.15, 0.2) is 23.1 Å². The zero-order valence-electron chi connectivity index (χ0n) is 15.4. The lowest BCUT2D eigenvalue weighted by Crippen LogP contribution is -2.36. The minimum Gasteiger partial charge on any atom is -0.345 e. The van der Waals surface area contributed by atoms with Crippen molar-refractivity contribution in [1.29, 1.82) is 0 Å². The van der Waals surface area contributed by atoms with Crippen LogP contribution in [0.5, 0.6) is 0 Å². The molecule has 0 unspecified atom stereocenters. The number of sulfonamides is 1. The summed E-state index contributed by atoms with van der Waals surface area (Å²) in [6.07, 6.45) is 2.66. The van der Waals surface area contributed by atoms with Crippen LogP contribution >= 0.6 is 23.8 Å². The molecule has 0 spiro atoms. The lowest BCUT2D eigenvalue weighted by Gasteiger charge is -2.26. The maximum Gasteiger partial charge on any atom is 0.251 e. The molecule has 0 atom stereocenters. The van der Waals surface area contributed by atoms with E-state index in [4.69, 9.17) is 23.8 Å². The molecule has 0 radical (unpaired) electrons. The van der Waals surface area contributed by atoms with Crippen molar-refractivity contribution < 1.29 is 13.2 Å². The summed E-state index contributed by atoms with van der Waals surface area (Å²) < 4.78 is 29.5. The summed E-state index contributed by atoms with van der Waals surface area (Å²) in [4.78, 5) is 12.5. The van der Waals surface area contributed by atoms with Crippen molar-refractivity contribution in [3.8, 4) is 0 Å². The summed E-state index contributed by atoms with van der Waals surface area (Å²) in [6, 6.07) is 4.28. The molecular formula is C17H22ClN5O3S2. The van der Waals surface area contributed by atoms with E-state index in [0.717, 1.165) is 19.3 Å². The number of nitrogens with zero attached hydrogens (tertiary/aromatic N) is 3. The average molecular weight is 444 g/mol. The van der Waals surface area contributed by atoms with Gasteiger partial charge in [-0.05, 0) is 50.2 Å². The third-order valence-corrected chi connectivity index (χ3v) is 7.38. The smallest absolute Gasteiger partial charge is 0.251 e. The van der Waals surface area contributed by atoms with E-state index in [2.05, 4.69) is 15.5 Å². The van der Waals surface area contributed by atoms with Crippen LogP contribution < -0.4 is 5.32 Å². The largest absolute Gasteiger partial charge is 0.345 e. The number of rotatable bonds is 6. The second-order valence-corrected chi connectivity index (χ2v) is 9.18. The van der Waals surface area contributed by atoms with Gasteiger partial charge in [0.05, 0.1) is 11.6 Å². The summed E-state index contributed by atoms with van der Waals surface area (Å²) in [6.45, 7) is 3.65. The number of benzene rings is 1. The molecule has 2 N–H and O–H groups in total. The molecule has 1 fully saturated rings. The first-order valence-corrected chi connectivity index (χ1v) is 11.3. The van der Waals surface area contributed by atoms with Crippen LogP contribution in [0.2, 0.25) is 5.02 Å². The topological polar surface area (TPSA) is 100 Å². The van der Waals surface area contributed by atoms with Gasteiger partial charge in [0.15, 0.2) is 10.6 Å². The minimum atomic E-state index is -3.74. The van der Waals surface area contributed by atoms with Gasteiger partial charge in [-0.15, -0.1) is 0 Å². The molecule has 0 aliphatic carbocycles. The molecule has 3 rings (SSSR count). The first-order chi connectivity index (χ1) is 13.3. The fourth-order valence-electron chi connectivity index (χ4n) is 3.16. The molecule has 1 aromatic carbocycles. The molecule has 11 heteroatoms. The lowest BCUT2D eigenvalue weighted by molar-refractivity contribution is 0.0949. The van der Waals surface area contributed by atoms with Crippen molar-refractivity contribution in [2.75, 3.05) is 13.1 Å². The first kappa shape index (κ1) is 21.0. The Balaban J connectivity index is 1.80. The van der Waals surface area contributed by atoms with Gasteiger partial charge in [-0.2, -0.15) is 9.40 Å². The van der Waals surface area contributed by atoms with Gasteiger partial charge in [0.1, 0.15) is 4.90 Å². The second-order valence-electron chi connectivity index (χ2n) is 6.48. The van der Waals surface area contributed by atoms with Crippen LogP contribution in [0.1, 0.15) is 42.4 Å². The van der Waals surface area contributed by atoms with Crippen LogP contribution in [-0.4, -0.2) is 46.5 Å². The molecule has 152 valence electrons. The lowest BCUT2D eigenvalue weighted by atomic mass is 10.2. The van der Waals surface area contributed by atoms with E-state index >= 15 is 0 Å². The number of halogens is 1. The van der Waals surface area contributed by atoms with E-state index in [1.54, 1.807) is 4.57 Å². The van der Waals surface area contributed by atoms with Crippen molar-refractivity contribution in [3.63, 3.8) is 0 Å². The zero-order chi connectivity index (χ0) is 20.3. The highest BCUT2D eigenvalue weighted by Crippen LogP contribution is 2.27. The number of amides is 1. The number of hydrogen-bond acceptors (Lipinski definition) is 5. The Morgan fingerprint density at radius 1 is 1.32 bits per heavy atom. The van der Waals surface area contributed by atoms with Crippen molar-refractivity contribution in [3.05, 3.63) is 39.4 Å². The fourth-order valence-corrected chi connectivity index (χ4v) is 5.46. The zero-order valence-corrected chi connectivity index (χ0v) is 17.8. The second kappa shape index (κ2) is 8.73. The molecule has 1 aliphatic heterocycles. The van der Waals surface area contributed by atoms with Gasteiger partial charge >= 0.3 is 0 Å². The van der Waals surface area contributed by atoms with E-state index < -0.39 is 15.9 Å². The molecule has 28 heavy (non-hydrogen) atoms. The van der Waals surface area contributed by atoms with Crippen LogP contribution in [0.4, 0.5) is 0 Å². The van der Waals surface area contributed by atoms with Gasteiger partial charge in [-0.1, -0.05) is 18.0 Å². The molecule has 0 saturated carbocycles. The number of carbonyl (C=O) groups excluding carboxylic acids is 1. The summed E-state index contributed by atoms with van der Waals surface area (Å²) in [5.74, 6) is 0.180. The fraction of sp³-hybridized carbons (Fsp3) is 0.471. The van der Waals surface area contributed by atoms with Crippen molar-refractivity contribution in [1.82, 2.24) is 24.4 Å². The average Bonchev–Trinajstić information content (AvgIpc) is 3.06. The van der Waals surface area contributed by atoms with Gasteiger partial charge < -0.3 is 9.88 Å². The summed E-state index contributed by atoms with van der Waals surface area (Å²) >= 11 is 11.3. The highest BCUT2D eigenvalue weighted by molar-refractivity contribution is 7.89. The Labute approximate surface area is 173 Å². The van der Waals surface area contributed by atoms with E-state index in [0.29, 0.717) is 30.2 Å². The third-order valence-electron chi connectivity index (χ3n) is 4.69. The Hall–Kier alpha value is -1.75. The number of piperidine rings is 1. The number of nitrogens with one attached hydrogen (secondary N) is 2. The van der Waals surface area contributed by atoms with Gasteiger partial charge in [-0.3, -0.25) is 9.89 Å². The Bertz CT molecular complexity index is 1030. The highest BCUT2D eigenvalue weighted by Gasteiger charge is 2.28. The van der Waals surface area contributed by atoms with E-state index in [1.807, 2.05) is 6.92 Å². The van der Waals surface area contributed by atoms with Crippen LogP contribution in [0, 0.1) is 4.77 Å². The normalized spacial score (nSPS) is 15.5. The summed E-state index contributed by atoms with van der Waals surface area (Å²) in [5, 5.41) is 9.62. The summed E-state index contributed by atoms with van der Waals surface area (Å²) in [7, 11) is -3.74. The standard InChI is InChI=1S/C17H22ClN5O3S2/c1-2-23-15(20-21-17(23)27)11-19-16(24)12-6-7-13(18)14(10-12)28(25,26)22-8-4-3-5-9-22/h6-7,10H,2-5,8-9,11H2,1H3,(H,19,24)(H,21,27). The van der Waals surface area contributed by atoms with E-state index in [9.17, 15) is 13.2 Å². The maximum atomic E-state index is 12.9. The number of aromatic amines is 1. The quantitative estimate of drug-likeness (QED) is 0.668. The Kier molecular flexibility index (Phi) is 6.54. The SMILES string of the molecule is CCn1c(CNC(=O)c2ccc(Cl)c(S(=O)(=O)N3CCCCC3)c2)n[nH]c1=S. The molecule has 2 heterocycles. The molecule has 1 amide bonds. The first-order valence-electron chi connectivity index (χ1n) is 9.06. The van der Waals surface area contributed by atoms with Gasteiger partial charge in [0, 0.05) is 25.2 Å². The molecule has 1 aliphatic rings. The molecule has 0 bridgehead atoms. The number of aromatic nitrogens is 3. The monoisotopic (exact) mass is 443 g/mol. The van der Waals surface area contributed by atoms with Gasteiger partial charge in [-0.25, -0.2) is 8.42 Å².